The first-order chi connectivity index (χ1) is 12.7. The van der Waals surface area contributed by atoms with E-state index >= 15 is 0 Å². The third kappa shape index (κ3) is 12.0. The van der Waals surface area contributed by atoms with E-state index in [9.17, 15) is 19.5 Å². The van der Waals surface area contributed by atoms with Crippen LogP contribution in [-0.4, -0.2) is 66.5 Å². The molecule has 0 aromatic heterocycles. The molecule has 0 aliphatic heterocycles. The molecule has 0 aromatic rings. The van der Waals surface area contributed by atoms with Crippen LogP contribution in [0.25, 0.3) is 0 Å². The molecular formula is C14H29N9O4. The normalized spacial score (nSPS) is 12.3. The predicted octanol–water partition coefficient (Wildman–Crippen LogP) is -3.89. The van der Waals surface area contributed by atoms with Crippen molar-refractivity contribution in [2.45, 2.75) is 37.8 Å². The van der Waals surface area contributed by atoms with Crippen molar-refractivity contribution in [2.24, 2.45) is 38.7 Å². The van der Waals surface area contributed by atoms with Crippen LogP contribution in [0.1, 0.15) is 25.7 Å². The van der Waals surface area contributed by atoms with Gasteiger partial charge in [-0.25, -0.2) is 4.79 Å². The molecule has 0 rings (SSSR count). The van der Waals surface area contributed by atoms with Gasteiger partial charge in [-0.2, -0.15) is 0 Å². The van der Waals surface area contributed by atoms with E-state index in [4.69, 9.17) is 28.7 Å². The van der Waals surface area contributed by atoms with Crippen LogP contribution >= 0.6 is 0 Å². The molecule has 0 heterocycles. The summed E-state index contributed by atoms with van der Waals surface area (Å²) in [4.78, 5) is 42.8. The number of aliphatic imine (C=N–C) groups is 2. The van der Waals surface area contributed by atoms with Gasteiger partial charge in [-0.3, -0.25) is 19.6 Å². The third-order valence-corrected chi connectivity index (χ3v) is 3.34. The fraction of sp³-hybridized carbons (Fsp3) is 0.643. The molecule has 0 bridgehead atoms. The van der Waals surface area contributed by atoms with Crippen molar-refractivity contribution in [1.29, 1.82) is 0 Å². The Morgan fingerprint density at radius 3 is 1.74 bits per heavy atom. The summed E-state index contributed by atoms with van der Waals surface area (Å²) in [6.45, 7) is 0.178. The van der Waals surface area contributed by atoms with Gasteiger partial charge < -0.3 is 44.4 Å². The van der Waals surface area contributed by atoms with Gasteiger partial charge in [-0.15, -0.1) is 0 Å². The molecule has 2 amide bonds. The van der Waals surface area contributed by atoms with Crippen molar-refractivity contribution in [1.82, 2.24) is 10.6 Å². The zero-order valence-corrected chi connectivity index (χ0v) is 15.1. The Balaban J connectivity index is 4.82. The third-order valence-electron chi connectivity index (χ3n) is 3.34. The van der Waals surface area contributed by atoms with Crippen molar-refractivity contribution in [3.05, 3.63) is 0 Å². The lowest BCUT2D eigenvalue weighted by molar-refractivity contribution is -0.142. The van der Waals surface area contributed by atoms with Crippen LogP contribution < -0.4 is 39.3 Å². The van der Waals surface area contributed by atoms with E-state index in [-0.39, 0.29) is 44.4 Å². The number of nitrogens with one attached hydrogen (secondary N) is 2. The number of hydrogen-bond acceptors (Lipinski definition) is 6. The lowest BCUT2D eigenvalue weighted by atomic mass is 10.1. The minimum absolute atomic E-state index is 0.0892. The maximum absolute atomic E-state index is 12.4. The molecule has 0 aliphatic rings. The van der Waals surface area contributed by atoms with Crippen molar-refractivity contribution >= 4 is 29.7 Å². The molecule has 13 N–H and O–H groups in total. The highest BCUT2D eigenvalue weighted by Crippen LogP contribution is 2.03. The number of carbonyl (C=O) groups excluding carboxylic acids is 2. The smallest absolute Gasteiger partial charge is 0.326 e. The minimum atomic E-state index is -1.21. The van der Waals surface area contributed by atoms with Crippen LogP contribution in [-0.2, 0) is 14.4 Å². The topological polar surface area (TPSA) is 250 Å². The van der Waals surface area contributed by atoms with Gasteiger partial charge in [0.1, 0.15) is 12.1 Å². The maximum Gasteiger partial charge on any atom is 0.326 e. The van der Waals surface area contributed by atoms with E-state index in [1.807, 2.05) is 0 Å². The Morgan fingerprint density at radius 1 is 0.852 bits per heavy atom. The molecule has 0 spiro atoms. The first-order valence-electron chi connectivity index (χ1n) is 8.30. The average molecular weight is 387 g/mol. The molecule has 0 saturated heterocycles. The predicted molar refractivity (Wildman–Crippen MR) is 100 cm³/mol. The van der Waals surface area contributed by atoms with Crippen LogP contribution in [0.2, 0.25) is 0 Å². The molecule has 0 radical (unpaired) electrons. The van der Waals surface area contributed by atoms with E-state index in [0.29, 0.717) is 12.8 Å². The zero-order chi connectivity index (χ0) is 20.8. The molecule has 0 aromatic carbocycles. The highest BCUT2D eigenvalue weighted by atomic mass is 16.4. The number of carboxylic acids is 1. The second-order valence-corrected chi connectivity index (χ2v) is 5.62. The summed E-state index contributed by atoms with van der Waals surface area (Å²) in [6, 6.07) is -2.11. The van der Waals surface area contributed by atoms with Gasteiger partial charge in [-0.1, -0.05) is 0 Å². The van der Waals surface area contributed by atoms with Gasteiger partial charge in [-0.05, 0) is 25.7 Å². The monoisotopic (exact) mass is 387 g/mol. The Hall–Kier alpha value is -3.09. The maximum atomic E-state index is 12.4. The molecule has 13 heteroatoms. The van der Waals surface area contributed by atoms with Gasteiger partial charge in [0.25, 0.3) is 0 Å². The standard InChI is InChI=1S/C14H29N9O4/c15-7-10(24)22-8(3-1-5-20-13(16)17)11(25)23-9(12(26)27)4-2-6-21-14(18)19/h8-9H,1-7,15H2,(H,22,24)(H,23,25)(H,26,27)(H4,16,17,20)(H4,18,19,21). The summed E-state index contributed by atoms with van der Waals surface area (Å²) in [5.41, 5.74) is 26.1. The Kier molecular flexibility index (Phi) is 11.7. The second kappa shape index (κ2) is 13.2. The van der Waals surface area contributed by atoms with Crippen molar-refractivity contribution < 1.29 is 19.5 Å². The number of hydrogen-bond donors (Lipinski definition) is 8. The quantitative estimate of drug-likeness (QED) is 0.0871. The van der Waals surface area contributed by atoms with E-state index in [2.05, 4.69) is 20.6 Å². The van der Waals surface area contributed by atoms with E-state index in [1.54, 1.807) is 0 Å². The molecule has 27 heavy (non-hydrogen) atoms. The number of nitrogens with zero attached hydrogens (tertiary/aromatic N) is 2. The number of amides is 2. The zero-order valence-electron chi connectivity index (χ0n) is 15.1. The van der Waals surface area contributed by atoms with E-state index in [0.717, 1.165) is 0 Å². The van der Waals surface area contributed by atoms with Gasteiger partial charge in [0.15, 0.2) is 11.9 Å². The number of carboxylic acid groups (broad SMARTS) is 1. The van der Waals surface area contributed by atoms with E-state index < -0.39 is 29.9 Å². The number of carbonyl (C=O) groups is 3. The van der Waals surface area contributed by atoms with Crippen LogP contribution in [0.3, 0.4) is 0 Å². The summed E-state index contributed by atoms with van der Waals surface area (Å²) in [5, 5.41) is 14.1. The molecule has 2 atom stereocenters. The number of nitrogens with two attached hydrogens (primary N) is 5. The van der Waals surface area contributed by atoms with Crippen LogP contribution in [0.5, 0.6) is 0 Å². The highest BCUT2D eigenvalue weighted by molar-refractivity contribution is 5.90. The number of guanidine groups is 2. The second-order valence-electron chi connectivity index (χ2n) is 5.62. The summed E-state index contributed by atoms with van der Waals surface area (Å²) in [7, 11) is 0. The van der Waals surface area contributed by atoms with Crippen LogP contribution in [0.15, 0.2) is 9.98 Å². The molecule has 0 aliphatic carbocycles. The lowest BCUT2D eigenvalue weighted by Crippen LogP contribution is -2.52. The van der Waals surface area contributed by atoms with Crippen molar-refractivity contribution in [3.63, 3.8) is 0 Å². The molecule has 0 saturated carbocycles. The Labute approximate surface area is 156 Å². The van der Waals surface area contributed by atoms with Gasteiger partial charge in [0.05, 0.1) is 6.54 Å². The first kappa shape index (κ1) is 23.9. The van der Waals surface area contributed by atoms with Crippen LogP contribution in [0.4, 0.5) is 0 Å². The van der Waals surface area contributed by atoms with Gasteiger partial charge in [0, 0.05) is 13.1 Å². The molecule has 154 valence electrons. The Bertz CT molecular complexity index is 557. The number of rotatable bonds is 13. The Morgan fingerprint density at radius 2 is 1.33 bits per heavy atom. The molecule has 2 unspecified atom stereocenters. The van der Waals surface area contributed by atoms with Crippen molar-refractivity contribution in [2.75, 3.05) is 19.6 Å². The fourth-order valence-electron chi connectivity index (χ4n) is 2.06. The molecule has 13 nitrogen and oxygen atoms in total. The largest absolute Gasteiger partial charge is 0.480 e. The SMILES string of the molecule is NCC(=O)NC(CCCN=C(N)N)C(=O)NC(CCCN=C(N)N)C(=O)O. The van der Waals surface area contributed by atoms with E-state index in [1.165, 1.54) is 0 Å². The fourth-order valence-corrected chi connectivity index (χ4v) is 2.06. The van der Waals surface area contributed by atoms with Crippen LogP contribution in [0, 0.1) is 0 Å². The first-order valence-corrected chi connectivity index (χ1v) is 8.30. The summed E-state index contributed by atoms with van der Waals surface area (Å²) < 4.78 is 0. The number of aliphatic carboxylic acids is 1. The summed E-state index contributed by atoms with van der Waals surface area (Å²) in [5.74, 6) is -2.59. The minimum Gasteiger partial charge on any atom is -0.480 e. The van der Waals surface area contributed by atoms with Crippen molar-refractivity contribution in [3.8, 4) is 0 Å². The van der Waals surface area contributed by atoms with Gasteiger partial charge in [0.2, 0.25) is 11.8 Å². The van der Waals surface area contributed by atoms with Gasteiger partial charge >= 0.3 is 5.97 Å². The lowest BCUT2D eigenvalue weighted by Gasteiger charge is -2.21. The summed E-state index contributed by atoms with van der Waals surface area (Å²) in [6.07, 6.45) is 1.06. The molecule has 0 fully saturated rings. The average Bonchev–Trinajstić information content (AvgIpc) is 2.58. The summed E-state index contributed by atoms with van der Waals surface area (Å²) >= 11 is 0. The highest BCUT2D eigenvalue weighted by Gasteiger charge is 2.25. The molecular weight excluding hydrogens is 358 g/mol.